The predicted octanol–water partition coefficient (Wildman–Crippen LogP) is 4.57. The lowest BCUT2D eigenvalue weighted by atomic mass is 9.46. The summed E-state index contributed by atoms with van der Waals surface area (Å²) in [5.74, 6) is -0.00260. The third-order valence-corrected chi connectivity index (χ3v) is 6.78. The molecule has 2 aliphatic rings. The first-order valence-electron chi connectivity index (χ1n) is 8.93. The van der Waals surface area contributed by atoms with Crippen LogP contribution in [-0.4, -0.2) is 22.8 Å². The maximum Gasteiger partial charge on any atom is 0.309 e. The van der Waals surface area contributed by atoms with Crippen LogP contribution in [0.3, 0.4) is 0 Å². The van der Waals surface area contributed by atoms with Gasteiger partial charge in [0.25, 0.3) is 0 Å². The summed E-state index contributed by atoms with van der Waals surface area (Å²) in [5.41, 5.74) is 1.96. The van der Waals surface area contributed by atoms with E-state index in [4.69, 9.17) is 5.11 Å². The Morgan fingerprint density at radius 2 is 2.09 bits per heavy atom. The van der Waals surface area contributed by atoms with Gasteiger partial charge in [-0.2, -0.15) is 0 Å². The molecule has 0 radical (unpaired) electrons. The normalized spacial score (nSPS) is 38.3. The van der Waals surface area contributed by atoms with Crippen molar-refractivity contribution in [3.63, 3.8) is 0 Å². The molecule has 2 aliphatic carbocycles. The SMILES string of the molecule is C=C1CC[C@@H]2[C@](C)(CCC[C@]2(C)C(=O)O)[C@@H]1CC/C(C)=C/CO. The topological polar surface area (TPSA) is 57.5 Å². The number of fused-ring (bicyclic) bond motifs is 1. The lowest BCUT2D eigenvalue weighted by Crippen LogP contribution is -2.53. The Bertz CT molecular complexity index is 507. The summed E-state index contributed by atoms with van der Waals surface area (Å²) in [4.78, 5) is 12.0. The minimum atomic E-state index is -0.629. The molecule has 2 saturated carbocycles. The standard InChI is InChI=1S/C20H32O3/c1-14(10-13-21)6-8-16-15(2)7-9-17-19(16,3)11-5-12-20(17,4)18(22)23/h10,16-17,21H,2,5-9,11-13H2,1,3-4H3,(H,22,23)/b14-10+/t16-,17-,19-,20+/m1/s1. The van der Waals surface area contributed by atoms with E-state index in [1.54, 1.807) is 0 Å². The van der Waals surface area contributed by atoms with Crippen LogP contribution in [0.4, 0.5) is 0 Å². The van der Waals surface area contributed by atoms with Crippen molar-refractivity contribution >= 4 is 5.97 Å². The van der Waals surface area contributed by atoms with Crippen LogP contribution in [0.5, 0.6) is 0 Å². The Morgan fingerprint density at radius 3 is 2.70 bits per heavy atom. The van der Waals surface area contributed by atoms with E-state index in [-0.39, 0.29) is 17.9 Å². The molecule has 2 rings (SSSR count). The van der Waals surface area contributed by atoms with Crippen LogP contribution in [0.25, 0.3) is 0 Å². The van der Waals surface area contributed by atoms with Crippen molar-refractivity contribution in [2.75, 3.05) is 6.61 Å². The van der Waals surface area contributed by atoms with Gasteiger partial charge < -0.3 is 10.2 Å². The lowest BCUT2D eigenvalue weighted by Gasteiger charge is -2.57. The Hall–Kier alpha value is -1.09. The number of aliphatic hydroxyl groups excluding tert-OH is 1. The first-order chi connectivity index (χ1) is 10.8. The van der Waals surface area contributed by atoms with Crippen LogP contribution in [-0.2, 0) is 4.79 Å². The zero-order chi connectivity index (χ0) is 17.3. The fourth-order valence-corrected chi connectivity index (χ4v) is 5.37. The van der Waals surface area contributed by atoms with Crippen LogP contribution < -0.4 is 0 Å². The third kappa shape index (κ3) is 3.26. The first kappa shape index (κ1) is 18.3. The monoisotopic (exact) mass is 320 g/mol. The highest BCUT2D eigenvalue weighted by molar-refractivity contribution is 5.75. The molecule has 0 aromatic heterocycles. The molecule has 0 heterocycles. The smallest absolute Gasteiger partial charge is 0.309 e. The largest absolute Gasteiger partial charge is 0.481 e. The number of allylic oxidation sites excluding steroid dienone is 2. The molecule has 2 N–H and O–H groups in total. The number of hydrogen-bond donors (Lipinski definition) is 2. The molecule has 2 fully saturated rings. The van der Waals surface area contributed by atoms with Crippen molar-refractivity contribution < 1.29 is 15.0 Å². The van der Waals surface area contributed by atoms with Crippen LogP contribution in [0, 0.1) is 22.7 Å². The zero-order valence-corrected chi connectivity index (χ0v) is 14.9. The zero-order valence-electron chi connectivity index (χ0n) is 14.9. The molecule has 130 valence electrons. The molecule has 4 atom stereocenters. The van der Waals surface area contributed by atoms with Crippen LogP contribution in [0.1, 0.15) is 65.7 Å². The molecule has 3 heteroatoms. The predicted molar refractivity (Wildman–Crippen MR) is 93.1 cm³/mol. The van der Waals surface area contributed by atoms with Gasteiger partial charge in [-0.05, 0) is 69.6 Å². The van der Waals surface area contributed by atoms with Crippen molar-refractivity contribution in [3.8, 4) is 0 Å². The molecule has 0 unspecified atom stereocenters. The fraction of sp³-hybridized carbons (Fsp3) is 0.750. The van der Waals surface area contributed by atoms with Crippen LogP contribution in [0.2, 0.25) is 0 Å². The average molecular weight is 320 g/mol. The summed E-state index contributed by atoms with van der Waals surface area (Å²) in [6.45, 7) is 10.7. The third-order valence-electron chi connectivity index (χ3n) is 6.78. The Morgan fingerprint density at radius 1 is 1.39 bits per heavy atom. The summed E-state index contributed by atoms with van der Waals surface area (Å²) in [6, 6.07) is 0. The summed E-state index contributed by atoms with van der Waals surface area (Å²) < 4.78 is 0. The van der Waals surface area contributed by atoms with E-state index >= 15 is 0 Å². The van der Waals surface area contributed by atoms with E-state index in [0.717, 1.165) is 44.9 Å². The van der Waals surface area contributed by atoms with Crippen LogP contribution in [0.15, 0.2) is 23.8 Å². The number of hydrogen-bond acceptors (Lipinski definition) is 2. The van der Waals surface area contributed by atoms with Gasteiger partial charge in [0, 0.05) is 0 Å². The molecule has 0 aromatic rings. The van der Waals surface area contributed by atoms with E-state index in [2.05, 4.69) is 20.4 Å². The van der Waals surface area contributed by atoms with E-state index in [1.807, 2.05) is 13.0 Å². The highest BCUT2D eigenvalue weighted by atomic mass is 16.4. The van der Waals surface area contributed by atoms with E-state index < -0.39 is 11.4 Å². The Kier molecular flexibility index (Phi) is 5.40. The molecule has 0 spiro atoms. The van der Waals surface area contributed by atoms with Gasteiger partial charge in [0.15, 0.2) is 0 Å². The minimum Gasteiger partial charge on any atom is -0.481 e. The second-order valence-electron chi connectivity index (χ2n) is 8.16. The average Bonchev–Trinajstić information content (AvgIpc) is 2.46. The molecular weight excluding hydrogens is 288 g/mol. The number of aliphatic hydroxyl groups is 1. The summed E-state index contributed by atoms with van der Waals surface area (Å²) >= 11 is 0. The fourth-order valence-electron chi connectivity index (χ4n) is 5.37. The van der Waals surface area contributed by atoms with Gasteiger partial charge in [-0.3, -0.25) is 4.79 Å². The number of carboxylic acid groups (broad SMARTS) is 1. The molecule has 0 aromatic carbocycles. The van der Waals surface area contributed by atoms with Gasteiger partial charge in [0.2, 0.25) is 0 Å². The van der Waals surface area contributed by atoms with Gasteiger partial charge in [-0.1, -0.05) is 37.1 Å². The van der Waals surface area contributed by atoms with Crippen molar-refractivity contribution in [1.82, 2.24) is 0 Å². The number of aliphatic carboxylic acids is 1. The molecule has 0 saturated heterocycles. The van der Waals surface area contributed by atoms with Crippen LogP contribution >= 0.6 is 0 Å². The summed E-state index contributed by atoms with van der Waals surface area (Å²) in [5, 5.41) is 18.9. The van der Waals surface area contributed by atoms with Crippen molar-refractivity contribution in [2.24, 2.45) is 22.7 Å². The summed E-state index contributed by atoms with van der Waals surface area (Å²) in [6.07, 6.45) is 8.65. The van der Waals surface area contributed by atoms with Gasteiger partial charge in [0.1, 0.15) is 0 Å². The van der Waals surface area contributed by atoms with Gasteiger partial charge in [-0.25, -0.2) is 0 Å². The Balaban J connectivity index is 2.26. The lowest BCUT2D eigenvalue weighted by molar-refractivity contribution is -0.164. The van der Waals surface area contributed by atoms with Crippen molar-refractivity contribution in [2.45, 2.75) is 65.7 Å². The quantitative estimate of drug-likeness (QED) is 0.730. The van der Waals surface area contributed by atoms with E-state index in [9.17, 15) is 9.90 Å². The van der Waals surface area contributed by atoms with Gasteiger partial charge in [-0.15, -0.1) is 0 Å². The molecular formula is C20H32O3. The Labute approximate surface area is 140 Å². The number of carboxylic acids is 1. The minimum absolute atomic E-state index is 0.0419. The summed E-state index contributed by atoms with van der Waals surface area (Å²) in [7, 11) is 0. The first-order valence-corrected chi connectivity index (χ1v) is 8.93. The van der Waals surface area contributed by atoms with E-state index in [1.165, 1.54) is 11.1 Å². The maximum absolute atomic E-state index is 12.0. The molecule has 0 amide bonds. The second-order valence-corrected chi connectivity index (χ2v) is 8.16. The maximum atomic E-state index is 12.0. The second kappa shape index (κ2) is 6.80. The molecule has 3 nitrogen and oxygen atoms in total. The van der Waals surface area contributed by atoms with Gasteiger partial charge >= 0.3 is 5.97 Å². The molecule has 0 bridgehead atoms. The highest BCUT2D eigenvalue weighted by Gasteiger charge is 2.57. The molecule has 23 heavy (non-hydrogen) atoms. The van der Waals surface area contributed by atoms with Crippen molar-refractivity contribution in [3.05, 3.63) is 23.8 Å². The molecule has 0 aliphatic heterocycles. The van der Waals surface area contributed by atoms with E-state index in [0.29, 0.717) is 5.92 Å². The van der Waals surface area contributed by atoms with Crippen molar-refractivity contribution in [1.29, 1.82) is 0 Å². The van der Waals surface area contributed by atoms with Gasteiger partial charge in [0.05, 0.1) is 12.0 Å². The number of carbonyl (C=O) groups is 1. The highest BCUT2D eigenvalue weighted by Crippen LogP contribution is 2.62. The number of rotatable bonds is 5.